The second-order valence-corrected chi connectivity index (χ2v) is 3.04. The fraction of sp³-hybridized carbons (Fsp3) is 0.222. The van der Waals surface area contributed by atoms with E-state index in [1.807, 2.05) is 0 Å². The molecule has 1 rings (SSSR count). The van der Waals surface area contributed by atoms with Crippen LogP contribution in [0.25, 0.3) is 0 Å². The molecule has 1 aromatic rings. The first kappa shape index (κ1) is 13.1. The Hall–Kier alpha value is -1.96. The number of carbonyl (C=O) groups excluding carboxylic acids is 1. The minimum atomic E-state index is -4.58. The van der Waals surface area contributed by atoms with Crippen molar-refractivity contribution in [3.8, 4) is 11.5 Å². The van der Waals surface area contributed by atoms with Gasteiger partial charge in [-0.2, -0.15) is 13.2 Å². The molecule has 0 aliphatic heterocycles. The molecule has 5 nitrogen and oxygen atoms in total. The third-order valence-electron chi connectivity index (χ3n) is 1.63. The molecule has 0 aliphatic carbocycles. The maximum Gasteiger partial charge on any atom is 0.414 e. The number of rotatable bonds is 3. The van der Waals surface area contributed by atoms with E-state index in [1.54, 1.807) is 0 Å². The summed E-state index contributed by atoms with van der Waals surface area (Å²) in [5.74, 6) is -1.90. The van der Waals surface area contributed by atoms with Crippen molar-refractivity contribution in [2.75, 3.05) is 6.61 Å². The molecule has 0 fully saturated rings. The van der Waals surface area contributed by atoms with Gasteiger partial charge in [0.2, 0.25) is 0 Å². The van der Waals surface area contributed by atoms with E-state index in [4.69, 9.17) is 5.11 Å². The molecule has 0 aliphatic rings. The van der Waals surface area contributed by atoms with Gasteiger partial charge in [0.05, 0.1) is 5.56 Å². The second kappa shape index (κ2) is 4.91. The molecule has 0 saturated heterocycles. The van der Waals surface area contributed by atoms with Crippen LogP contribution in [0.3, 0.4) is 0 Å². The van der Waals surface area contributed by atoms with Crippen LogP contribution < -0.4 is 5.48 Å². The largest absolute Gasteiger partial charge is 0.508 e. The zero-order valence-electron chi connectivity index (χ0n) is 8.28. The summed E-state index contributed by atoms with van der Waals surface area (Å²) in [6, 6.07) is 3.03. The van der Waals surface area contributed by atoms with Gasteiger partial charge in [0, 0.05) is 0 Å². The van der Waals surface area contributed by atoms with Crippen LogP contribution in [0.1, 0.15) is 10.4 Å². The molecular weight excluding hydrogens is 243 g/mol. The highest BCUT2D eigenvalue weighted by atomic mass is 19.4. The average Bonchev–Trinajstić information content (AvgIpc) is 2.19. The minimum Gasteiger partial charge on any atom is -0.508 e. The number of hydrogen-bond donors (Lipinski definition) is 3. The number of carbonyl (C=O) groups is 1. The molecule has 0 atom stereocenters. The number of halogens is 3. The Labute approximate surface area is 93.4 Å². The molecule has 8 heteroatoms. The predicted molar refractivity (Wildman–Crippen MR) is 49.2 cm³/mol. The summed E-state index contributed by atoms with van der Waals surface area (Å²) in [6.45, 7) is -1.65. The van der Waals surface area contributed by atoms with E-state index in [1.165, 1.54) is 5.48 Å². The number of hydrogen-bond acceptors (Lipinski definition) is 4. The lowest BCUT2D eigenvalue weighted by atomic mass is 10.2. The van der Waals surface area contributed by atoms with Crippen molar-refractivity contribution in [2.45, 2.75) is 6.18 Å². The van der Waals surface area contributed by atoms with E-state index in [2.05, 4.69) is 4.84 Å². The minimum absolute atomic E-state index is 0.316. The zero-order chi connectivity index (χ0) is 13.1. The summed E-state index contributed by atoms with van der Waals surface area (Å²) in [5.41, 5.74) is 1.10. The number of alkyl halides is 3. The highest BCUT2D eigenvalue weighted by molar-refractivity contribution is 5.96. The number of aromatic hydroxyl groups is 2. The van der Waals surface area contributed by atoms with E-state index >= 15 is 0 Å². The Kier molecular flexibility index (Phi) is 3.79. The van der Waals surface area contributed by atoms with E-state index in [9.17, 15) is 23.1 Å². The van der Waals surface area contributed by atoms with E-state index in [0.29, 0.717) is 0 Å². The highest BCUT2D eigenvalue weighted by Crippen LogP contribution is 2.22. The van der Waals surface area contributed by atoms with E-state index in [0.717, 1.165) is 18.2 Å². The van der Waals surface area contributed by atoms with Gasteiger partial charge in [-0.05, 0) is 18.2 Å². The first-order valence-electron chi connectivity index (χ1n) is 4.30. The lowest BCUT2D eigenvalue weighted by molar-refractivity contribution is -0.184. The van der Waals surface area contributed by atoms with Crippen LogP contribution in [0, 0.1) is 0 Å². The maximum atomic E-state index is 11.7. The maximum absolute atomic E-state index is 11.7. The zero-order valence-corrected chi connectivity index (χ0v) is 8.28. The van der Waals surface area contributed by atoms with Gasteiger partial charge in [-0.25, -0.2) is 5.48 Å². The highest BCUT2D eigenvalue weighted by Gasteiger charge is 2.28. The molecule has 0 heterocycles. The summed E-state index contributed by atoms with van der Waals surface area (Å²) in [5, 5.41) is 18.2. The molecule has 94 valence electrons. The van der Waals surface area contributed by atoms with Gasteiger partial charge >= 0.3 is 6.18 Å². The van der Waals surface area contributed by atoms with Crippen LogP contribution >= 0.6 is 0 Å². The van der Waals surface area contributed by atoms with Crippen LogP contribution in [0.15, 0.2) is 18.2 Å². The molecule has 17 heavy (non-hydrogen) atoms. The molecule has 0 unspecified atom stereocenters. The Bertz CT molecular complexity index is 419. The first-order chi connectivity index (χ1) is 7.79. The Morgan fingerprint density at radius 3 is 2.59 bits per heavy atom. The van der Waals surface area contributed by atoms with Gasteiger partial charge in [-0.1, -0.05) is 0 Å². The van der Waals surface area contributed by atoms with Gasteiger partial charge in [-0.3, -0.25) is 9.63 Å². The molecule has 0 saturated carbocycles. The van der Waals surface area contributed by atoms with Gasteiger partial charge in [0.25, 0.3) is 5.91 Å². The van der Waals surface area contributed by atoms with Crippen molar-refractivity contribution in [2.24, 2.45) is 0 Å². The fourth-order valence-electron chi connectivity index (χ4n) is 0.944. The number of phenolic OH excluding ortho intramolecular Hbond substituents is 2. The molecular formula is C9H8F3NO4. The van der Waals surface area contributed by atoms with Crippen LogP contribution in [0.5, 0.6) is 11.5 Å². The third kappa shape index (κ3) is 4.19. The van der Waals surface area contributed by atoms with Crippen molar-refractivity contribution in [3.05, 3.63) is 23.8 Å². The summed E-state index contributed by atoms with van der Waals surface area (Å²) in [6.07, 6.45) is -4.58. The normalized spacial score (nSPS) is 11.2. The van der Waals surface area contributed by atoms with Gasteiger partial charge in [0.15, 0.2) is 6.61 Å². The Morgan fingerprint density at radius 2 is 2.00 bits per heavy atom. The molecule has 0 spiro atoms. The quantitative estimate of drug-likeness (QED) is 0.559. The number of nitrogens with one attached hydrogen (secondary N) is 1. The number of benzene rings is 1. The monoisotopic (exact) mass is 251 g/mol. The standard InChI is InChI=1S/C9H8F3NO4/c10-9(11,12)4-17-13-8(16)6-3-5(14)1-2-7(6)15/h1-3,14-15H,4H2,(H,13,16). The number of phenols is 2. The average molecular weight is 251 g/mol. The number of hydroxylamine groups is 1. The molecule has 0 aromatic heterocycles. The van der Waals surface area contributed by atoms with Gasteiger partial charge in [0.1, 0.15) is 11.5 Å². The van der Waals surface area contributed by atoms with Crippen molar-refractivity contribution in [1.82, 2.24) is 5.48 Å². The van der Waals surface area contributed by atoms with E-state index < -0.39 is 30.0 Å². The SMILES string of the molecule is O=C(NOCC(F)(F)F)c1cc(O)ccc1O. The summed E-state index contributed by atoms with van der Waals surface area (Å²) in [4.78, 5) is 15.1. The van der Waals surface area contributed by atoms with E-state index in [-0.39, 0.29) is 5.75 Å². The topological polar surface area (TPSA) is 78.8 Å². The predicted octanol–water partition coefficient (Wildman–Crippen LogP) is 1.32. The van der Waals surface area contributed by atoms with Crippen LogP contribution in [0.4, 0.5) is 13.2 Å². The fourth-order valence-corrected chi connectivity index (χ4v) is 0.944. The van der Waals surface area contributed by atoms with Crippen LogP contribution in [-0.2, 0) is 4.84 Å². The van der Waals surface area contributed by atoms with Crippen molar-refractivity contribution < 1.29 is 33.0 Å². The Morgan fingerprint density at radius 1 is 1.35 bits per heavy atom. The molecule has 1 aromatic carbocycles. The smallest absolute Gasteiger partial charge is 0.414 e. The third-order valence-corrected chi connectivity index (χ3v) is 1.63. The Balaban J connectivity index is 2.61. The molecule has 0 bridgehead atoms. The summed E-state index contributed by atoms with van der Waals surface area (Å²) < 4.78 is 35.1. The summed E-state index contributed by atoms with van der Waals surface area (Å²) in [7, 11) is 0. The molecule has 0 radical (unpaired) electrons. The van der Waals surface area contributed by atoms with Gasteiger partial charge in [-0.15, -0.1) is 0 Å². The number of amides is 1. The summed E-state index contributed by atoms with van der Waals surface area (Å²) >= 11 is 0. The van der Waals surface area contributed by atoms with Gasteiger partial charge < -0.3 is 10.2 Å². The van der Waals surface area contributed by atoms with Crippen LogP contribution in [-0.4, -0.2) is 28.9 Å². The van der Waals surface area contributed by atoms with Crippen molar-refractivity contribution in [1.29, 1.82) is 0 Å². The molecule has 1 amide bonds. The van der Waals surface area contributed by atoms with Crippen LogP contribution in [0.2, 0.25) is 0 Å². The second-order valence-electron chi connectivity index (χ2n) is 3.04. The lowest BCUT2D eigenvalue weighted by Crippen LogP contribution is -2.29. The van der Waals surface area contributed by atoms with Crippen molar-refractivity contribution >= 4 is 5.91 Å². The first-order valence-corrected chi connectivity index (χ1v) is 4.30. The van der Waals surface area contributed by atoms with Crippen molar-refractivity contribution in [3.63, 3.8) is 0 Å². The molecule has 3 N–H and O–H groups in total. The lowest BCUT2D eigenvalue weighted by Gasteiger charge is -2.09.